The minimum absolute atomic E-state index is 0.273. The van der Waals surface area contributed by atoms with E-state index in [9.17, 15) is 9.59 Å². The van der Waals surface area contributed by atoms with Crippen LogP contribution in [-0.2, 0) is 9.53 Å². The van der Waals surface area contributed by atoms with Crippen molar-refractivity contribution in [2.75, 3.05) is 12.8 Å². The first kappa shape index (κ1) is 15.4. The molecule has 1 fully saturated rings. The Bertz CT molecular complexity index is 532. The molecule has 1 heterocycles. The molecule has 6 nitrogen and oxygen atoms in total. The van der Waals surface area contributed by atoms with Gasteiger partial charge in [0.2, 0.25) is 0 Å². The maximum absolute atomic E-state index is 12.4. The van der Waals surface area contributed by atoms with Gasteiger partial charge in [-0.25, -0.2) is 4.79 Å². The summed E-state index contributed by atoms with van der Waals surface area (Å²) in [5.74, 6) is -0.432. The summed E-state index contributed by atoms with van der Waals surface area (Å²) in [6.07, 6.45) is 4.43. The van der Waals surface area contributed by atoms with Crippen molar-refractivity contribution in [2.45, 2.75) is 45.2 Å². The number of methoxy groups -OCH3 is 1. The number of nitrogens with zero attached hydrogens (tertiary/aromatic N) is 1. The summed E-state index contributed by atoms with van der Waals surface area (Å²) in [6, 6.07) is 1.37. The number of aromatic nitrogens is 1. The Labute approximate surface area is 124 Å². The normalized spacial score (nSPS) is 15.8. The number of amides is 1. The van der Waals surface area contributed by atoms with Crippen LogP contribution in [0.1, 0.15) is 49.6 Å². The molecule has 116 valence electrons. The van der Waals surface area contributed by atoms with Crippen LogP contribution < -0.4 is 11.1 Å². The average molecular weight is 293 g/mol. The quantitative estimate of drug-likeness (QED) is 0.782. The molecule has 1 atom stereocenters. The Morgan fingerprint density at radius 2 is 2.14 bits per heavy atom. The summed E-state index contributed by atoms with van der Waals surface area (Å²) in [6.45, 7) is 3.99. The highest BCUT2D eigenvalue weighted by atomic mass is 16.5. The molecule has 6 heteroatoms. The van der Waals surface area contributed by atoms with Gasteiger partial charge in [0.05, 0.1) is 12.8 Å². The van der Waals surface area contributed by atoms with Gasteiger partial charge < -0.3 is 20.4 Å². The minimum Gasteiger partial charge on any atom is -0.467 e. The number of carbonyl (C=O) groups is 2. The van der Waals surface area contributed by atoms with Crippen LogP contribution in [0, 0.1) is 5.92 Å². The van der Waals surface area contributed by atoms with Crippen molar-refractivity contribution in [3.8, 4) is 0 Å². The van der Waals surface area contributed by atoms with E-state index in [0.29, 0.717) is 23.8 Å². The second-order valence-corrected chi connectivity index (χ2v) is 5.98. The predicted molar refractivity (Wildman–Crippen MR) is 79.8 cm³/mol. The molecule has 21 heavy (non-hydrogen) atoms. The lowest BCUT2D eigenvalue weighted by Crippen LogP contribution is -2.43. The number of carbonyl (C=O) groups excluding carboxylic acids is 2. The summed E-state index contributed by atoms with van der Waals surface area (Å²) in [5, 5.41) is 2.76. The second-order valence-electron chi connectivity index (χ2n) is 5.98. The first-order valence-corrected chi connectivity index (χ1v) is 7.28. The van der Waals surface area contributed by atoms with Gasteiger partial charge in [-0.3, -0.25) is 4.79 Å². The summed E-state index contributed by atoms with van der Waals surface area (Å²) in [4.78, 5) is 24.2. The summed E-state index contributed by atoms with van der Waals surface area (Å²) < 4.78 is 6.66. The van der Waals surface area contributed by atoms with E-state index >= 15 is 0 Å². The van der Waals surface area contributed by atoms with Crippen molar-refractivity contribution in [2.24, 2.45) is 5.92 Å². The van der Waals surface area contributed by atoms with Crippen LogP contribution in [0.2, 0.25) is 0 Å². The van der Waals surface area contributed by atoms with Crippen LogP contribution >= 0.6 is 0 Å². The van der Waals surface area contributed by atoms with Gasteiger partial charge in [-0.1, -0.05) is 13.8 Å². The molecular formula is C15H23N3O3. The Kier molecular flexibility index (Phi) is 4.55. The smallest absolute Gasteiger partial charge is 0.328 e. The molecule has 1 aliphatic rings. The number of nitrogens with two attached hydrogens (primary N) is 1. The van der Waals surface area contributed by atoms with Crippen molar-refractivity contribution < 1.29 is 14.3 Å². The van der Waals surface area contributed by atoms with Crippen molar-refractivity contribution in [1.82, 2.24) is 9.88 Å². The predicted octanol–water partition coefficient (Wildman–Crippen LogP) is 1.72. The molecule has 1 amide bonds. The largest absolute Gasteiger partial charge is 0.467 e. The monoisotopic (exact) mass is 293 g/mol. The fourth-order valence-electron chi connectivity index (χ4n) is 2.40. The summed E-state index contributed by atoms with van der Waals surface area (Å²) >= 11 is 0. The van der Waals surface area contributed by atoms with Crippen LogP contribution in [-0.4, -0.2) is 29.6 Å². The Balaban J connectivity index is 2.13. The van der Waals surface area contributed by atoms with Gasteiger partial charge in [-0.2, -0.15) is 0 Å². The van der Waals surface area contributed by atoms with Crippen LogP contribution in [0.5, 0.6) is 0 Å². The number of ether oxygens (including phenoxy) is 1. The molecule has 1 aliphatic carbocycles. The van der Waals surface area contributed by atoms with Crippen LogP contribution in [0.25, 0.3) is 0 Å². The fraction of sp³-hybridized carbons (Fsp3) is 0.600. The summed E-state index contributed by atoms with van der Waals surface area (Å²) in [5.41, 5.74) is 6.86. The standard InChI is InChI=1S/C15H23N3O3/c1-9(2)6-12(15(20)21-3)17-14(19)13-7-10(16)8-18(13)11-4-5-11/h7-9,11-12H,4-6,16H2,1-3H3,(H,17,19). The van der Waals surface area contributed by atoms with E-state index in [1.165, 1.54) is 7.11 Å². The molecule has 1 unspecified atom stereocenters. The molecule has 0 bridgehead atoms. The van der Waals surface area contributed by atoms with E-state index in [1.54, 1.807) is 12.3 Å². The number of nitrogens with one attached hydrogen (secondary N) is 1. The van der Waals surface area contributed by atoms with E-state index in [0.717, 1.165) is 12.8 Å². The van der Waals surface area contributed by atoms with E-state index in [4.69, 9.17) is 10.5 Å². The summed E-state index contributed by atoms with van der Waals surface area (Å²) in [7, 11) is 1.33. The lowest BCUT2D eigenvalue weighted by atomic mass is 10.0. The Morgan fingerprint density at radius 1 is 1.48 bits per heavy atom. The molecule has 0 saturated heterocycles. The van der Waals surface area contributed by atoms with E-state index in [1.807, 2.05) is 18.4 Å². The highest BCUT2D eigenvalue weighted by Crippen LogP contribution is 2.37. The van der Waals surface area contributed by atoms with Gasteiger partial charge >= 0.3 is 5.97 Å². The lowest BCUT2D eigenvalue weighted by molar-refractivity contribution is -0.143. The number of nitrogen functional groups attached to an aromatic ring is 1. The van der Waals surface area contributed by atoms with Crippen molar-refractivity contribution >= 4 is 17.6 Å². The third-order valence-corrected chi connectivity index (χ3v) is 3.54. The van der Waals surface area contributed by atoms with E-state index < -0.39 is 12.0 Å². The van der Waals surface area contributed by atoms with Crippen LogP contribution in [0.4, 0.5) is 5.69 Å². The van der Waals surface area contributed by atoms with Crippen molar-refractivity contribution in [1.29, 1.82) is 0 Å². The van der Waals surface area contributed by atoms with Crippen LogP contribution in [0.3, 0.4) is 0 Å². The van der Waals surface area contributed by atoms with Crippen LogP contribution in [0.15, 0.2) is 12.3 Å². The van der Waals surface area contributed by atoms with Crippen molar-refractivity contribution in [3.05, 3.63) is 18.0 Å². The van der Waals surface area contributed by atoms with E-state index in [2.05, 4.69) is 5.32 Å². The Morgan fingerprint density at radius 3 is 2.67 bits per heavy atom. The Hall–Kier alpha value is -1.98. The number of rotatable bonds is 6. The molecule has 1 aromatic rings. The first-order chi connectivity index (χ1) is 9.92. The molecule has 2 rings (SSSR count). The zero-order chi connectivity index (χ0) is 15.6. The molecular weight excluding hydrogens is 270 g/mol. The van der Waals surface area contributed by atoms with Crippen molar-refractivity contribution in [3.63, 3.8) is 0 Å². The maximum Gasteiger partial charge on any atom is 0.328 e. The number of hydrogen-bond acceptors (Lipinski definition) is 4. The fourth-order valence-corrected chi connectivity index (χ4v) is 2.40. The number of esters is 1. The SMILES string of the molecule is COC(=O)C(CC(C)C)NC(=O)c1cc(N)cn1C1CC1. The zero-order valence-electron chi connectivity index (χ0n) is 12.8. The van der Waals surface area contributed by atoms with Gasteiger partial charge in [0.15, 0.2) is 0 Å². The lowest BCUT2D eigenvalue weighted by Gasteiger charge is -2.18. The third-order valence-electron chi connectivity index (χ3n) is 3.54. The molecule has 1 aromatic heterocycles. The highest BCUT2D eigenvalue weighted by molar-refractivity contribution is 5.96. The first-order valence-electron chi connectivity index (χ1n) is 7.28. The third kappa shape index (κ3) is 3.77. The topological polar surface area (TPSA) is 86.3 Å². The van der Waals surface area contributed by atoms with E-state index in [-0.39, 0.29) is 11.8 Å². The zero-order valence-corrected chi connectivity index (χ0v) is 12.8. The highest BCUT2D eigenvalue weighted by Gasteiger charge is 2.30. The van der Waals surface area contributed by atoms with Gasteiger partial charge in [0.25, 0.3) is 5.91 Å². The molecule has 0 aliphatic heterocycles. The molecule has 1 saturated carbocycles. The molecule has 0 spiro atoms. The van der Waals surface area contributed by atoms with Gasteiger partial charge in [0.1, 0.15) is 11.7 Å². The van der Waals surface area contributed by atoms with Gasteiger partial charge in [-0.15, -0.1) is 0 Å². The average Bonchev–Trinajstić information content (AvgIpc) is 3.19. The minimum atomic E-state index is -0.633. The van der Waals surface area contributed by atoms with Gasteiger partial charge in [-0.05, 0) is 31.2 Å². The molecule has 0 radical (unpaired) electrons. The second kappa shape index (κ2) is 6.20. The molecule has 3 N–H and O–H groups in total. The number of hydrogen-bond donors (Lipinski definition) is 2. The maximum atomic E-state index is 12.4. The molecule has 0 aromatic carbocycles. The van der Waals surface area contributed by atoms with Gasteiger partial charge in [0, 0.05) is 12.2 Å². The number of anilines is 1.